The highest BCUT2D eigenvalue weighted by atomic mass is 32.2. The Kier molecular flexibility index (Phi) is 7.11. The Hall–Kier alpha value is -2.32. The van der Waals surface area contributed by atoms with E-state index in [4.69, 9.17) is 0 Å². The van der Waals surface area contributed by atoms with Crippen molar-refractivity contribution in [3.05, 3.63) is 59.9 Å². The molecule has 2 aromatic carbocycles. The smallest absolute Gasteiger partial charge is 0.230 e. The predicted octanol–water partition coefficient (Wildman–Crippen LogP) is 3.93. The molecular weight excluding hydrogens is 395 g/mol. The summed E-state index contributed by atoms with van der Waals surface area (Å²) in [5, 5.41) is 11.8. The number of amides is 1. The van der Waals surface area contributed by atoms with E-state index in [0.717, 1.165) is 11.3 Å². The molecule has 28 heavy (non-hydrogen) atoms. The minimum absolute atomic E-state index is 0.0409. The van der Waals surface area contributed by atoms with Crippen LogP contribution in [0.1, 0.15) is 5.56 Å². The van der Waals surface area contributed by atoms with E-state index < -0.39 is 0 Å². The van der Waals surface area contributed by atoms with Crippen molar-refractivity contribution in [2.75, 3.05) is 18.1 Å². The lowest BCUT2D eigenvalue weighted by molar-refractivity contribution is -0.118. The lowest BCUT2D eigenvalue weighted by Gasteiger charge is -2.06. The third-order valence-electron chi connectivity index (χ3n) is 3.98. The van der Waals surface area contributed by atoms with E-state index in [1.54, 1.807) is 28.5 Å². The normalized spacial score (nSPS) is 10.8. The highest BCUT2D eigenvalue weighted by molar-refractivity contribution is 7.99. The summed E-state index contributed by atoms with van der Waals surface area (Å²) >= 11 is 3.04. The summed E-state index contributed by atoms with van der Waals surface area (Å²) in [6, 6.07) is 14.4. The van der Waals surface area contributed by atoms with Crippen molar-refractivity contribution in [2.24, 2.45) is 7.05 Å². The van der Waals surface area contributed by atoms with Crippen molar-refractivity contribution in [3.63, 3.8) is 0 Å². The van der Waals surface area contributed by atoms with Gasteiger partial charge in [0.2, 0.25) is 5.91 Å². The second-order valence-corrected chi connectivity index (χ2v) is 8.28. The second kappa shape index (κ2) is 9.75. The number of hydrogen-bond donors (Lipinski definition) is 1. The maximum Gasteiger partial charge on any atom is 0.230 e. The highest BCUT2D eigenvalue weighted by Gasteiger charge is 2.13. The maximum absolute atomic E-state index is 13.1. The molecule has 1 heterocycles. The molecule has 0 aliphatic rings. The van der Waals surface area contributed by atoms with Gasteiger partial charge in [0.15, 0.2) is 11.0 Å². The summed E-state index contributed by atoms with van der Waals surface area (Å²) in [7, 11) is 1.83. The Labute approximate surface area is 172 Å². The quantitative estimate of drug-likeness (QED) is 0.445. The van der Waals surface area contributed by atoms with Gasteiger partial charge in [-0.2, -0.15) is 0 Å². The zero-order valence-electron chi connectivity index (χ0n) is 15.7. The third kappa shape index (κ3) is 5.59. The Morgan fingerprint density at radius 2 is 1.79 bits per heavy atom. The van der Waals surface area contributed by atoms with Gasteiger partial charge in [0.1, 0.15) is 5.82 Å². The van der Waals surface area contributed by atoms with Gasteiger partial charge in [0.05, 0.1) is 5.75 Å². The number of aryl methyl sites for hydroxylation is 1. The first-order valence-electron chi connectivity index (χ1n) is 8.77. The molecule has 1 N–H and O–H groups in total. The van der Waals surface area contributed by atoms with Gasteiger partial charge < -0.3 is 9.88 Å². The fourth-order valence-electron chi connectivity index (χ4n) is 2.47. The van der Waals surface area contributed by atoms with Gasteiger partial charge >= 0.3 is 0 Å². The highest BCUT2D eigenvalue weighted by Crippen LogP contribution is 2.22. The van der Waals surface area contributed by atoms with Crippen molar-refractivity contribution in [3.8, 4) is 11.4 Å². The summed E-state index contributed by atoms with van der Waals surface area (Å²) in [5.74, 6) is 1.39. The molecule has 3 rings (SSSR count). The van der Waals surface area contributed by atoms with Crippen molar-refractivity contribution in [2.45, 2.75) is 17.0 Å². The first kappa shape index (κ1) is 20.4. The van der Waals surface area contributed by atoms with Crippen LogP contribution in [-0.4, -0.2) is 38.7 Å². The average molecular weight is 417 g/mol. The number of carbonyl (C=O) groups is 1. The molecule has 0 bridgehead atoms. The molecule has 1 amide bonds. The molecule has 0 aliphatic heterocycles. The molecule has 1 aromatic heterocycles. The number of rotatable bonds is 8. The average Bonchev–Trinajstić information content (AvgIpc) is 3.06. The van der Waals surface area contributed by atoms with Crippen LogP contribution < -0.4 is 5.32 Å². The van der Waals surface area contributed by atoms with E-state index in [1.807, 2.05) is 7.05 Å². The molecule has 0 saturated carbocycles. The zero-order chi connectivity index (χ0) is 19.9. The maximum atomic E-state index is 13.1. The SMILES string of the molecule is Cc1ccc(SCCNC(=O)CSc2nnc(-c3ccc(F)cc3)n2C)cc1. The van der Waals surface area contributed by atoms with Gasteiger partial charge in [-0.15, -0.1) is 22.0 Å². The second-order valence-electron chi connectivity index (χ2n) is 6.17. The molecule has 8 heteroatoms. The van der Waals surface area contributed by atoms with Crippen molar-refractivity contribution in [1.29, 1.82) is 0 Å². The first-order valence-corrected chi connectivity index (χ1v) is 10.7. The molecule has 146 valence electrons. The number of nitrogens with zero attached hydrogens (tertiary/aromatic N) is 3. The largest absolute Gasteiger partial charge is 0.355 e. The summed E-state index contributed by atoms with van der Waals surface area (Å²) < 4.78 is 14.9. The minimum Gasteiger partial charge on any atom is -0.355 e. The number of halogens is 1. The van der Waals surface area contributed by atoms with Gasteiger partial charge in [-0.1, -0.05) is 29.5 Å². The number of nitrogens with one attached hydrogen (secondary N) is 1. The fraction of sp³-hybridized carbons (Fsp3) is 0.250. The standard InChI is InChI=1S/C20H21FN4OS2/c1-14-3-9-17(10-4-14)27-12-11-22-18(26)13-28-20-24-23-19(25(20)2)15-5-7-16(21)8-6-15/h3-10H,11-13H2,1-2H3,(H,22,26). The predicted molar refractivity (Wildman–Crippen MR) is 112 cm³/mol. The fourth-order valence-corrected chi connectivity index (χ4v) is 3.98. The molecule has 0 unspecified atom stereocenters. The number of aromatic nitrogens is 3. The van der Waals surface area contributed by atoms with E-state index in [9.17, 15) is 9.18 Å². The minimum atomic E-state index is -0.294. The lowest BCUT2D eigenvalue weighted by atomic mass is 10.2. The number of benzene rings is 2. The van der Waals surface area contributed by atoms with Crippen LogP contribution in [0.25, 0.3) is 11.4 Å². The topological polar surface area (TPSA) is 59.8 Å². The monoisotopic (exact) mass is 416 g/mol. The number of thioether (sulfide) groups is 2. The van der Waals surface area contributed by atoms with Crippen molar-refractivity contribution in [1.82, 2.24) is 20.1 Å². The van der Waals surface area contributed by atoms with Gasteiger partial charge in [0, 0.05) is 29.8 Å². The molecule has 0 atom stereocenters. The Morgan fingerprint density at radius 1 is 1.07 bits per heavy atom. The van der Waals surface area contributed by atoms with E-state index in [-0.39, 0.29) is 17.5 Å². The Bertz CT molecular complexity index is 926. The van der Waals surface area contributed by atoms with Crippen molar-refractivity contribution < 1.29 is 9.18 Å². The molecule has 0 radical (unpaired) electrons. The summed E-state index contributed by atoms with van der Waals surface area (Å²) in [6.45, 7) is 2.67. The van der Waals surface area contributed by atoms with Gasteiger partial charge in [-0.05, 0) is 43.3 Å². The van der Waals surface area contributed by atoms with Crippen molar-refractivity contribution >= 4 is 29.4 Å². The van der Waals surface area contributed by atoms with Crippen LogP contribution in [0.3, 0.4) is 0 Å². The number of carbonyl (C=O) groups excluding carboxylic acids is 1. The van der Waals surface area contributed by atoms with Crippen LogP contribution in [-0.2, 0) is 11.8 Å². The van der Waals surface area contributed by atoms with Crippen LogP contribution in [0, 0.1) is 12.7 Å². The van der Waals surface area contributed by atoms with Gasteiger partial charge in [-0.3, -0.25) is 4.79 Å². The van der Waals surface area contributed by atoms with Gasteiger partial charge in [-0.25, -0.2) is 4.39 Å². The molecular formula is C20H21FN4OS2. The Morgan fingerprint density at radius 3 is 2.50 bits per heavy atom. The van der Waals surface area contributed by atoms with Crippen LogP contribution >= 0.6 is 23.5 Å². The van der Waals surface area contributed by atoms with Crippen LogP contribution in [0.4, 0.5) is 4.39 Å². The summed E-state index contributed by atoms with van der Waals surface area (Å²) in [6.07, 6.45) is 0. The molecule has 3 aromatic rings. The molecule has 0 saturated heterocycles. The molecule has 0 aliphatic carbocycles. The van der Waals surface area contributed by atoms with Crippen LogP contribution in [0.5, 0.6) is 0 Å². The molecule has 0 fully saturated rings. The number of hydrogen-bond acceptors (Lipinski definition) is 5. The van der Waals surface area contributed by atoms with E-state index in [0.29, 0.717) is 17.5 Å². The summed E-state index contributed by atoms with van der Waals surface area (Å²) in [5.41, 5.74) is 2.02. The molecule has 5 nitrogen and oxygen atoms in total. The van der Waals surface area contributed by atoms with Crippen LogP contribution in [0.15, 0.2) is 58.6 Å². The van der Waals surface area contributed by atoms with Crippen LogP contribution in [0.2, 0.25) is 0 Å². The van der Waals surface area contributed by atoms with E-state index in [2.05, 4.69) is 46.7 Å². The molecule has 0 spiro atoms. The third-order valence-corrected chi connectivity index (χ3v) is 6.02. The van der Waals surface area contributed by atoms with Gasteiger partial charge in [0.25, 0.3) is 0 Å². The summed E-state index contributed by atoms with van der Waals surface area (Å²) in [4.78, 5) is 13.3. The lowest BCUT2D eigenvalue weighted by Crippen LogP contribution is -2.27. The van der Waals surface area contributed by atoms with E-state index >= 15 is 0 Å². The first-order chi connectivity index (χ1) is 13.5. The zero-order valence-corrected chi connectivity index (χ0v) is 17.3. The Balaban J connectivity index is 1.43. The van der Waals surface area contributed by atoms with E-state index in [1.165, 1.54) is 34.4 Å².